The molecule has 0 saturated carbocycles. The molecule has 23 heavy (non-hydrogen) atoms. The van der Waals surface area contributed by atoms with Crippen molar-refractivity contribution in [3.63, 3.8) is 0 Å². The van der Waals surface area contributed by atoms with E-state index in [0.717, 1.165) is 0 Å². The Morgan fingerprint density at radius 3 is 2.74 bits per heavy atom. The summed E-state index contributed by atoms with van der Waals surface area (Å²) in [5, 5.41) is 2.67. The Labute approximate surface area is 130 Å². The smallest absolute Gasteiger partial charge is 0.258 e. The third kappa shape index (κ3) is 2.38. The van der Waals surface area contributed by atoms with E-state index in [1.54, 1.807) is 12.1 Å². The number of benzene rings is 2. The van der Waals surface area contributed by atoms with E-state index in [2.05, 4.69) is 10.3 Å². The molecule has 0 aliphatic carbocycles. The van der Waals surface area contributed by atoms with Crippen molar-refractivity contribution in [1.82, 2.24) is 5.32 Å². The lowest BCUT2D eigenvalue weighted by Gasteiger charge is -2.26. The van der Waals surface area contributed by atoms with Crippen LogP contribution in [0.25, 0.3) is 6.08 Å². The number of hydrogen-bond donors (Lipinski definition) is 1. The third-order valence-corrected chi connectivity index (χ3v) is 3.63. The SMILES string of the molecule is O=C1NC(c2cccc(F)c2)N=C2Oc3ccc(F)cc3C=C12. The van der Waals surface area contributed by atoms with Crippen LogP contribution in [0.4, 0.5) is 8.78 Å². The molecule has 2 heterocycles. The molecule has 0 fully saturated rings. The standard InChI is InChI=1S/C17H10F2N2O2/c18-11-3-1-2-9(6-11)15-20-16(22)13-8-10-7-12(19)4-5-14(10)23-17(13)21-15/h1-8,15H,(H,20,22). The van der Waals surface area contributed by atoms with E-state index in [0.29, 0.717) is 16.9 Å². The Morgan fingerprint density at radius 2 is 1.91 bits per heavy atom. The average Bonchev–Trinajstić information content (AvgIpc) is 2.53. The van der Waals surface area contributed by atoms with Crippen LogP contribution in [0, 0.1) is 11.6 Å². The fourth-order valence-corrected chi connectivity index (χ4v) is 2.55. The molecule has 0 spiro atoms. The van der Waals surface area contributed by atoms with E-state index < -0.39 is 23.7 Å². The van der Waals surface area contributed by atoms with E-state index in [1.807, 2.05) is 0 Å². The Balaban J connectivity index is 1.77. The van der Waals surface area contributed by atoms with E-state index in [1.165, 1.54) is 36.4 Å². The molecule has 4 rings (SSSR count). The molecule has 2 aliphatic rings. The molecule has 0 radical (unpaired) electrons. The fraction of sp³-hybridized carbons (Fsp3) is 0.0588. The van der Waals surface area contributed by atoms with Crippen molar-refractivity contribution >= 4 is 17.9 Å². The molecule has 1 amide bonds. The van der Waals surface area contributed by atoms with Gasteiger partial charge in [0.2, 0.25) is 5.90 Å². The largest absolute Gasteiger partial charge is 0.438 e. The Hall–Kier alpha value is -3.02. The fourth-order valence-electron chi connectivity index (χ4n) is 2.55. The van der Waals surface area contributed by atoms with Crippen LogP contribution in [0.15, 0.2) is 53.0 Å². The number of hydrogen-bond acceptors (Lipinski definition) is 3. The van der Waals surface area contributed by atoms with Gasteiger partial charge >= 0.3 is 0 Å². The predicted molar refractivity (Wildman–Crippen MR) is 79.7 cm³/mol. The first-order chi connectivity index (χ1) is 11.1. The molecule has 2 aromatic carbocycles. The van der Waals surface area contributed by atoms with Gasteiger partial charge in [0.25, 0.3) is 5.91 Å². The highest BCUT2D eigenvalue weighted by Gasteiger charge is 2.31. The first-order valence-electron chi connectivity index (χ1n) is 6.94. The minimum absolute atomic E-state index is 0.141. The van der Waals surface area contributed by atoms with Gasteiger partial charge in [-0.25, -0.2) is 13.8 Å². The van der Waals surface area contributed by atoms with Crippen LogP contribution < -0.4 is 10.1 Å². The molecule has 0 aromatic heterocycles. The second kappa shape index (κ2) is 5.01. The molecule has 1 N–H and O–H groups in total. The van der Waals surface area contributed by atoms with Crippen LogP contribution >= 0.6 is 0 Å². The summed E-state index contributed by atoms with van der Waals surface area (Å²) >= 11 is 0. The summed E-state index contributed by atoms with van der Waals surface area (Å²) in [6.07, 6.45) is 0.796. The Morgan fingerprint density at radius 1 is 1.09 bits per heavy atom. The minimum Gasteiger partial charge on any atom is -0.438 e. The molecule has 1 unspecified atom stereocenters. The predicted octanol–water partition coefficient (Wildman–Crippen LogP) is 2.97. The zero-order valence-corrected chi connectivity index (χ0v) is 11.7. The zero-order chi connectivity index (χ0) is 16.0. The molecule has 2 aromatic rings. The van der Waals surface area contributed by atoms with Crippen molar-refractivity contribution in [3.05, 3.63) is 70.8 Å². The highest BCUT2D eigenvalue weighted by Crippen LogP contribution is 2.31. The second-order valence-corrected chi connectivity index (χ2v) is 5.21. The van der Waals surface area contributed by atoms with Crippen molar-refractivity contribution in [3.8, 4) is 5.75 Å². The lowest BCUT2D eigenvalue weighted by atomic mass is 10.0. The highest BCUT2D eigenvalue weighted by molar-refractivity contribution is 6.24. The number of aliphatic imine (C=N–C) groups is 1. The minimum atomic E-state index is -0.729. The maximum atomic E-state index is 13.3. The van der Waals surface area contributed by atoms with Crippen LogP contribution in [0.3, 0.4) is 0 Å². The average molecular weight is 312 g/mol. The summed E-state index contributed by atoms with van der Waals surface area (Å²) in [5.74, 6) is -0.676. The van der Waals surface area contributed by atoms with Crippen molar-refractivity contribution in [2.45, 2.75) is 6.17 Å². The van der Waals surface area contributed by atoms with Gasteiger partial charge in [-0.1, -0.05) is 12.1 Å². The molecule has 1 atom stereocenters. The molecule has 0 saturated heterocycles. The maximum absolute atomic E-state index is 13.3. The van der Waals surface area contributed by atoms with E-state index in [-0.39, 0.29) is 11.5 Å². The van der Waals surface area contributed by atoms with Gasteiger partial charge in [-0.3, -0.25) is 4.79 Å². The molecule has 114 valence electrons. The molecule has 6 heteroatoms. The number of carbonyl (C=O) groups excluding carboxylic acids is 1. The number of nitrogens with one attached hydrogen (secondary N) is 1. The van der Waals surface area contributed by atoms with Crippen LogP contribution in [0.1, 0.15) is 17.3 Å². The topological polar surface area (TPSA) is 50.7 Å². The number of nitrogens with zero attached hydrogens (tertiary/aromatic N) is 1. The summed E-state index contributed by atoms with van der Waals surface area (Å²) in [6, 6.07) is 9.85. The van der Waals surface area contributed by atoms with Crippen LogP contribution in [0.2, 0.25) is 0 Å². The first kappa shape index (κ1) is 13.6. The van der Waals surface area contributed by atoms with E-state index >= 15 is 0 Å². The van der Waals surface area contributed by atoms with Crippen molar-refractivity contribution in [2.75, 3.05) is 0 Å². The van der Waals surface area contributed by atoms with Gasteiger partial charge in [0.05, 0.1) is 0 Å². The molecular weight excluding hydrogens is 302 g/mol. The number of halogens is 2. The van der Waals surface area contributed by atoms with Gasteiger partial charge in [-0.05, 0) is 42.0 Å². The van der Waals surface area contributed by atoms with Crippen LogP contribution in [-0.4, -0.2) is 11.8 Å². The van der Waals surface area contributed by atoms with Gasteiger partial charge < -0.3 is 10.1 Å². The number of amides is 1. The number of fused-ring (bicyclic) bond motifs is 2. The summed E-state index contributed by atoms with van der Waals surface area (Å²) in [7, 11) is 0. The zero-order valence-electron chi connectivity index (χ0n) is 11.7. The number of ether oxygens (including phenoxy) is 1. The maximum Gasteiger partial charge on any atom is 0.258 e. The summed E-state index contributed by atoms with van der Waals surface area (Å²) < 4.78 is 32.2. The van der Waals surface area contributed by atoms with Crippen LogP contribution in [-0.2, 0) is 4.79 Å². The van der Waals surface area contributed by atoms with Gasteiger partial charge in [0.15, 0.2) is 6.17 Å². The summed E-state index contributed by atoms with van der Waals surface area (Å²) in [5.41, 5.74) is 1.20. The molecule has 2 aliphatic heterocycles. The van der Waals surface area contributed by atoms with Crippen LogP contribution in [0.5, 0.6) is 5.75 Å². The molecular formula is C17H10F2N2O2. The monoisotopic (exact) mass is 312 g/mol. The highest BCUT2D eigenvalue weighted by atomic mass is 19.1. The summed E-state index contributed by atoms with van der Waals surface area (Å²) in [4.78, 5) is 16.6. The lowest BCUT2D eigenvalue weighted by molar-refractivity contribution is -0.118. The van der Waals surface area contributed by atoms with Gasteiger partial charge in [0.1, 0.15) is 23.0 Å². The third-order valence-electron chi connectivity index (χ3n) is 3.63. The van der Waals surface area contributed by atoms with Crippen molar-refractivity contribution in [2.24, 2.45) is 4.99 Å². The number of rotatable bonds is 1. The van der Waals surface area contributed by atoms with Gasteiger partial charge in [0, 0.05) is 5.56 Å². The second-order valence-electron chi connectivity index (χ2n) is 5.21. The van der Waals surface area contributed by atoms with Gasteiger partial charge in [-0.2, -0.15) is 0 Å². The quantitative estimate of drug-likeness (QED) is 0.880. The lowest BCUT2D eigenvalue weighted by Crippen LogP contribution is -2.39. The number of carbonyl (C=O) groups is 1. The van der Waals surface area contributed by atoms with Crippen molar-refractivity contribution < 1.29 is 18.3 Å². The Bertz CT molecular complexity index is 890. The normalized spacial score (nSPS) is 18.9. The molecule has 4 nitrogen and oxygen atoms in total. The van der Waals surface area contributed by atoms with E-state index in [9.17, 15) is 13.6 Å². The Kier molecular flexibility index (Phi) is 2.97. The first-order valence-corrected chi connectivity index (χ1v) is 6.94. The summed E-state index contributed by atoms with van der Waals surface area (Å²) in [6.45, 7) is 0. The van der Waals surface area contributed by atoms with Gasteiger partial charge in [-0.15, -0.1) is 0 Å². The molecule has 0 bridgehead atoms. The van der Waals surface area contributed by atoms with Crippen molar-refractivity contribution in [1.29, 1.82) is 0 Å². The van der Waals surface area contributed by atoms with E-state index in [4.69, 9.17) is 4.74 Å².